The quantitative estimate of drug-likeness (QED) is 0.803. The van der Waals surface area contributed by atoms with Crippen molar-refractivity contribution in [3.05, 3.63) is 6.07 Å². The summed E-state index contributed by atoms with van der Waals surface area (Å²) in [7, 11) is 0. The van der Waals surface area contributed by atoms with Gasteiger partial charge < -0.3 is 20.7 Å². The Hall–Kier alpha value is -1.56. The van der Waals surface area contributed by atoms with E-state index in [1.165, 1.54) is 0 Å². The monoisotopic (exact) mass is 293 g/mol. The van der Waals surface area contributed by atoms with Gasteiger partial charge in [0.2, 0.25) is 5.95 Å². The molecule has 2 rings (SSSR count). The fourth-order valence-corrected chi connectivity index (χ4v) is 2.53. The van der Waals surface area contributed by atoms with Crippen LogP contribution < -0.4 is 16.0 Å². The molecule has 1 saturated heterocycles. The fraction of sp³-hybridized carbons (Fsp3) is 0.733. The zero-order valence-electron chi connectivity index (χ0n) is 13.1. The van der Waals surface area contributed by atoms with E-state index < -0.39 is 0 Å². The summed E-state index contributed by atoms with van der Waals surface area (Å²) in [5.74, 6) is 2.02. The van der Waals surface area contributed by atoms with Gasteiger partial charge in [0.25, 0.3) is 0 Å². The van der Waals surface area contributed by atoms with Crippen molar-refractivity contribution >= 4 is 17.6 Å². The van der Waals surface area contributed by atoms with E-state index >= 15 is 0 Å². The number of nitrogens with one attached hydrogen (secondary N) is 1. The van der Waals surface area contributed by atoms with E-state index in [-0.39, 0.29) is 0 Å². The van der Waals surface area contributed by atoms with Gasteiger partial charge in [0, 0.05) is 32.3 Å². The number of ether oxygens (including phenoxy) is 1. The molecule has 1 aliphatic rings. The molecule has 1 atom stereocenters. The molecule has 0 radical (unpaired) electrons. The third-order valence-corrected chi connectivity index (χ3v) is 3.55. The molecule has 118 valence electrons. The van der Waals surface area contributed by atoms with Gasteiger partial charge in [-0.1, -0.05) is 13.8 Å². The van der Waals surface area contributed by atoms with Gasteiger partial charge in [0.15, 0.2) is 0 Å². The molecule has 3 N–H and O–H groups in total. The molecular weight excluding hydrogens is 266 g/mol. The summed E-state index contributed by atoms with van der Waals surface area (Å²) in [6, 6.07) is 1.98. The average molecular weight is 293 g/mol. The molecule has 0 spiro atoms. The standard InChI is InChI=1S/C15H27N5O/c1-3-7-17-13-10-14(19-15(16)18-13)20-8-5-6-12(11-20)21-9-4-2/h10,12H,3-9,11H2,1-2H3,(H3,16,17,18,19). The number of hydrogen-bond acceptors (Lipinski definition) is 6. The lowest BCUT2D eigenvalue weighted by Gasteiger charge is -2.33. The van der Waals surface area contributed by atoms with Crippen LogP contribution in [0.25, 0.3) is 0 Å². The Morgan fingerprint density at radius 2 is 2.24 bits per heavy atom. The number of piperidine rings is 1. The lowest BCUT2D eigenvalue weighted by molar-refractivity contribution is 0.0439. The third-order valence-electron chi connectivity index (χ3n) is 3.55. The van der Waals surface area contributed by atoms with Crippen molar-refractivity contribution < 1.29 is 4.74 Å². The summed E-state index contributed by atoms with van der Waals surface area (Å²) < 4.78 is 5.88. The molecule has 0 aromatic carbocycles. The van der Waals surface area contributed by atoms with Crippen molar-refractivity contribution in [2.24, 2.45) is 0 Å². The molecule has 0 saturated carbocycles. The highest BCUT2D eigenvalue weighted by molar-refractivity contribution is 5.52. The Morgan fingerprint density at radius 3 is 3.00 bits per heavy atom. The smallest absolute Gasteiger partial charge is 0.223 e. The second-order valence-corrected chi connectivity index (χ2v) is 5.48. The van der Waals surface area contributed by atoms with Crippen LogP contribution in [0, 0.1) is 0 Å². The van der Waals surface area contributed by atoms with E-state index in [1.54, 1.807) is 0 Å². The van der Waals surface area contributed by atoms with Crippen LogP contribution in [0.4, 0.5) is 17.6 Å². The van der Waals surface area contributed by atoms with Crippen molar-refractivity contribution in [2.75, 3.05) is 42.2 Å². The van der Waals surface area contributed by atoms with Crippen molar-refractivity contribution in [3.63, 3.8) is 0 Å². The van der Waals surface area contributed by atoms with Crippen molar-refractivity contribution in [1.29, 1.82) is 0 Å². The summed E-state index contributed by atoms with van der Waals surface area (Å²) in [5.41, 5.74) is 5.83. The van der Waals surface area contributed by atoms with Gasteiger partial charge in [0.05, 0.1) is 6.10 Å². The van der Waals surface area contributed by atoms with Crippen molar-refractivity contribution in [3.8, 4) is 0 Å². The maximum Gasteiger partial charge on any atom is 0.223 e. The third kappa shape index (κ3) is 4.74. The molecule has 2 heterocycles. The Labute approximate surface area is 127 Å². The lowest BCUT2D eigenvalue weighted by atomic mass is 10.1. The molecule has 1 aliphatic heterocycles. The largest absolute Gasteiger partial charge is 0.376 e. The van der Waals surface area contributed by atoms with Crippen LogP contribution in [-0.2, 0) is 4.74 Å². The van der Waals surface area contributed by atoms with Crippen LogP contribution in [0.5, 0.6) is 0 Å². The second kappa shape index (κ2) is 8.02. The molecule has 1 fully saturated rings. The highest BCUT2D eigenvalue weighted by atomic mass is 16.5. The minimum atomic E-state index is 0.293. The molecule has 0 aliphatic carbocycles. The van der Waals surface area contributed by atoms with Crippen LogP contribution >= 0.6 is 0 Å². The maximum atomic E-state index is 5.88. The molecule has 0 amide bonds. The molecule has 1 aromatic heterocycles. The number of nitrogen functional groups attached to an aromatic ring is 1. The van der Waals surface area contributed by atoms with Crippen LogP contribution in [0.15, 0.2) is 6.07 Å². The molecule has 1 aromatic rings. The van der Waals surface area contributed by atoms with E-state index in [0.717, 1.165) is 63.6 Å². The minimum absolute atomic E-state index is 0.293. The zero-order valence-corrected chi connectivity index (χ0v) is 13.1. The molecule has 0 bridgehead atoms. The van der Waals surface area contributed by atoms with Crippen LogP contribution in [0.2, 0.25) is 0 Å². The van der Waals surface area contributed by atoms with Gasteiger partial charge in [0.1, 0.15) is 11.6 Å². The Morgan fingerprint density at radius 1 is 1.38 bits per heavy atom. The van der Waals surface area contributed by atoms with Gasteiger partial charge in [-0.3, -0.25) is 0 Å². The first kappa shape index (κ1) is 15.8. The maximum absolute atomic E-state index is 5.88. The minimum Gasteiger partial charge on any atom is -0.376 e. The van der Waals surface area contributed by atoms with E-state index in [2.05, 4.69) is 34.0 Å². The van der Waals surface area contributed by atoms with Crippen molar-refractivity contribution in [1.82, 2.24) is 9.97 Å². The average Bonchev–Trinajstić information content (AvgIpc) is 2.50. The number of nitrogens with two attached hydrogens (primary N) is 1. The summed E-state index contributed by atoms with van der Waals surface area (Å²) in [4.78, 5) is 10.9. The normalized spacial score (nSPS) is 18.8. The molecule has 6 nitrogen and oxygen atoms in total. The first-order chi connectivity index (χ1) is 10.2. The van der Waals surface area contributed by atoms with Gasteiger partial charge >= 0.3 is 0 Å². The number of nitrogens with zero attached hydrogens (tertiary/aromatic N) is 3. The zero-order chi connectivity index (χ0) is 15.1. The Balaban J connectivity index is 2.03. The van der Waals surface area contributed by atoms with Gasteiger partial charge in [-0.15, -0.1) is 0 Å². The SMILES string of the molecule is CCCNc1cc(N2CCCC(OCCC)C2)nc(N)n1. The van der Waals surface area contributed by atoms with Gasteiger partial charge in [-0.25, -0.2) is 0 Å². The second-order valence-electron chi connectivity index (χ2n) is 5.48. The number of anilines is 3. The predicted octanol–water partition coefficient (Wildman–Crippen LogP) is 2.28. The summed E-state index contributed by atoms with van der Waals surface area (Å²) in [6.07, 6.45) is 4.65. The Bertz CT molecular complexity index is 440. The first-order valence-electron chi connectivity index (χ1n) is 7.98. The molecular formula is C15H27N5O. The molecule has 6 heteroatoms. The first-order valence-corrected chi connectivity index (χ1v) is 7.98. The van der Waals surface area contributed by atoms with E-state index in [1.807, 2.05) is 6.07 Å². The fourth-order valence-electron chi connectivity index (χ4n) is 2.53. The van der Waals surface area contributed by atoms with Crippen LogP contribution in [0.3, 0.4) is 0 Å². The van der Waals surface area contributed by atoms with E-state index in [4.69, 9.17) is 10.5 Å². The summed E-state index contributed by atoms with van der Waals surface area (Å²) >= 11 is 0. The van der Waals surface area contributed by atoms with Crippen molar-refractivity contribution in [2.45, 2.75) is 45.6 Å². The number of aromatic nitrogens is 2. The number of hydrogen-bond donors (Lipinski definition) is 2. The van der Waals surface area contributed by atoms with E-state index in [9.17, 15) is 0 Å². The highest BCUT2D eigenvalue weighted by Gasteiger charge is 2.22. The van der Waals surface area contributed by atoms with Gasteiger partial charge in [-0.2, -0.15) is 9.97 Å². The van der Waals surface area contributed by atoms with E-state index in [0.29, 0.717) is 12.1 Å². The summed E-state index contributed by atoms with van der Waals surface area (Å²) in [6.45, 7) is 7.85. The predicted molar refractivity (Wildman–Crippen MR) is 86.7 cm³/mol. The number of rotatable bonds is 7. The molecule has 1 unspecified atom stereocenters. The summed E-state index contributed by atoms with van der Waals surface area (Å²) in [5, 5.41) is 3.27. The van der Waals surface area contributed by atoms with Crippen LogP contribution in [0.1, 0.15) is 39.5 Å². The topological polar surface area (TPSA) is 76.3 Å². The molecule has 21 heavy (non-hydrogen) atoms. The Kier molecular flexibility index (Phi) is 6.04. The van der Waals surface area contributed by atoms with Gasteiger partial charge in [-0.05, 0) is 25.7 Å². The lowest BCUT2D eigenvalue weighted by Crippen LogP contribution is -2.40. The van der Waals surface area contributed by atoms with Crippen LogP contribution in [-0.4, -0.2) is 42.3 Å². The highest BCUT2D eigenvalue weighted by Crippen LogP contribution is 2.22.